The molecule has 6 amide bonds. The number of nitro benzene ring substituents is 1. The summed E-state index contributed by atoms with van der Waals surface area (Å²) >= 11 is 0. The van der Waals surface area contributed by atoms with E-state index in [0.717, 1.165) is 0 Å². The van der Waals surface area contributed by atoms with E-state index in [9.17, 15) is 38.9 Å². The topological polar surface area (TPSA) is 260 Å². The second kappa shape index (κ2) is 21.1. The molecule has 2 aromatic carbocycles. The summed E-state index contributed by atoms with van der Waals surface area (Å²) < 4.78 is 20.7. The normalized spacial score (nSPS) is 13.1. The number of nitrogens with one attached hydrogen (secondary N) is 4. The number of amides is 6. The third-order valence-electron chi connectivity index (χ3n) is 7.60. The highest BCUT2D eigenvalue weighted by Crippen LogP contribution is 2.18. The van der Waals surface area contributed by atoms with Crippen LogP contribution in [0.3, 0.4) is 0 Å². The first-order chi connectivity index (χ1) is 25.7. The van der Waals surface area contributed by atoms with Gasteiger partial charge in [-0.15, -0.1) is 0 Å². The number of nitrogens with zero attached hydrogens (tertiary/aromatic N) is 2. The minimum Gasteiger partial charge on any atom is -0.447 e. The first-order valence-electron chi connectivity index (χ1n) is 16.8. The van der Waals surface area contributed by atoms with Crippen molar-refractivity contribution in [2.45, 2.75) is 45.4 Å². The van der Waals surface area contributed by atoms with Crippen LogP contribution in [0.2, 0.25) is 0 Å². The molecule has 0 aliphatic carbocycles. The van der Waals surface area contributed by atoms with Gasteiger partial charge in [-0.25, -0.2) is 14.4 Å². The molecule has 0 fully saturated rings. The van der Waals surface area contributed by atoms with Crippen molar-refractivity contribution >= 4 is 47.4 Å². The molecule has 0 unspecified atom stereocenters. The Morgan fingerprint density at radius 1 is 0.926 bits per heavy atom. The molecule has 0 radical (unpaired) electrons. The Morgan fingerprint density at radius 3 is 2.24 bits per heavy atom. The zero-order chi connectivity index (χ0) is 39.6. The minimum atomic E-state index is -1.09. The van der Waals surface area contributed by atoms with Crippen molar-refractivity contribution in [3.63, 3.8) is 0 Å². The van der Waals surface area contributed by atoms with Gasteiger partial charge >= 0.3 is 18.3 Å². The van der Waals surface area contributed by atoms with E-state index in [4.69, 9.17) is 24.7 Å². The maximum Gasteiger partial charge on any atom is 0.514 e. The molecule has 290 valence electrons. The van der Waals surface area contributed by atoms with Crippen LogP contribution in [0.5, 0.6) is 5.75 Å². The molecule has 1 heterocycles. The molecule has 1 aliphatic heterocycles. The predicted octanol–water partition coefficient (Wildman–Crippen LogP) is 2.86. The third kappa shape index (κ3) is 14.3. The van der Waals surface area contributed by atoms with E-state index in [-0.39, 0.29) is 69.7 Å². The molecule has 6 N–H and O–H groups in total. The van der Waals surface area contributed by atoms with Crippen LogP contribution in [-0.2, 0) is 35.2 Å². The molecule has 2 atom stereocenters. The van der Waals surface area contributed by atoms with Gasteiger partial charge in [0.2, 0.25) is 11.8 Å². The molecular formula is C35H43N7O12. The summed E-state index contributed by atoms with van der Waals surface area (Å²) in [4.78, 5) is 85.8. The first kappa shape index (κ1) is 41.9. The van der Waals surface area contributed by atoms with Crippen molar-refractivity contribution < 1.29 is 52.6 Å². The molecular weight excluding hydrogens is 710 g/mol. The zero-order valence-corrected chi connectivity index (χ0v) is 29.7. The number of non-ortho nitro benzene ring substituents is 1. The number of anilines is 1. The smallest absolute Gasteiger partial charge is 0.447 e. The zero-order valence-electron chi connectivity index (χ0n) is 29.7. The summed E-state index contributed by atoms with van der Waals surface area (Å²) in [6.07, 6.45) is 1.46. The lowest BCUT2D eigenvalue weighted by Gasteiger charge is -2.25. The monoisotopic (exact) mass is 753 g/mol. The summed E-state index contributed by atoms with van der Waals surface area (Å²) in [5, 5.41) is 21.1. The molecule has 1 aliphatic rings. The molecule has 0 spiro atoms. The van der Waals surface area contributed by atoms with Gasteiger partial charge in [0.25, 0.3) is 11.6 Å². The van der Waals surface area contributed by atoms with E-state index >= 15 is 0 Å². The van der Waals surface area contributed by atoms with E-state index in [1.54, 1.807) is 44.2 Å². The van der Waals surface area contributed by atoms with Crippen LogP contribution in [0.1, 0.15) is 32.3 Å². The van der Waals surface area contributed by atoms with E-state index in [0.29, 0.717) is 16.9 Å². The highest BCUT2D eigenvalue weighted by molar-refractivity contribution is 5.98. The lowest BCUT2D eigenvalue weighted by Crippen LogP contribution is -2.54. The number of nitro groups is 1. The Bertz CT molecular complexity index is 1680. The Morgan fingerprint density at radius 2 is 1.63 bits per heavy atom. The quantitative estimate of drug-likeness (QED) is 0.0430. The average molecular weight is 754 g/mol. The van der Waals surface area contributed by atoms with Crippen LogP contribution < -0.4 is 31.7 Å². The standard InChI is InChI=1S/C35H43N7O12/c1-22(2)30(40-34(47)52-20-19-51-18-17-41-23(3)6-15-29(41)43)32(45)39-28(5-4-16-37-33(36)46)31(44)38-25-9-7-24(8-10-25)21-53-35(48)54-27-13-11-26(12-14-27)42(49)50/h6-15,22,28,30H,3-5,16-21H2,1-2H3,(H,38,44)(H,39,45)(H,40,47)(H3,36,37,46)/t28-,30-/m0/s1. The largest absolute Gasteiger partial charge is 0.514 e. The molecule has 0 aromatic heterocycles. The maximum atomic E-state index is 13.4. The second-order valence-electron chi connectivity index (χ2n) is 12.0. The van der Waals surface area contributed by atoms with Crippen molar-refractivity contribution in [3.05, 3.63) is 88.6 Å². The average Bonchev–Trinajstić information content (AvgIpc) is 3.45. The Kier molecular flexibility index (Phi) is 16.4. The number of nitrogens with two attached hydrogens (primary N) is 1. The molecule has 2 aromatic rings. The summed E-state index contributed by atoms with van der Waals surface area (Å²) in [6, 6.07) is 8.21. The fraction of sp³-hybridized carbons (Fsp3) is 0.371. The lowest BCUT2D eigenvalue weighted by molar-refractivity contribution is -0.384. The molecule has 0 saturated carbocycles. The number of benzene rings is 2. The van der Waals surface area contributed by atoms with Gasteiger partial charge in [0.05, 0.1) is 18.1 Å². The Balaban J connectivity index is 1.50. The van der Waals surface area contributed by atoms with Crippen LogP contribution in [0.4, 0.5) is 25.8 Å². The van der Waals surface area contributed by atoms with Crippen LogP contribution in [0.25, 0.3) is 0 Å². The summed E-state index contributed by atoms with van der Waals surface area (Å²) in [6.45, 7) is 7.50. The van der Waals surface area contributed by atoms with Gasteiger partial charge in [-0.05, 0) is 54.7 Å². The van der Waals surface area contributed by atoms with Crippen LogP contribution >= 0.6 is 0 Å². The highest BCUT2D eigenvalue weighted by atomic mass is 16.7. The number of primary amides is 1. The number of alkyl carbamates (subject to hydrolysis) is 1. The summed E-state index contributed by atoms with van der Waals surface area (Å²) in [7, 11) is 0. The molecule has 54 heavy (non-hydrogen) atoms. The highest BCUT2D eigenvalue weighted by Gasteiger charge is 2.29. The van der Waals surface area contributed by atoms with Crippen molar-refractivity contribution in [1.82, 2.24) is 20.9 Å². The lowest BCUT2D eigenvalue weighted by atomic mass is 10.0. The minimum absolute atomic E-state index is 0.0420. The fourth-order valence-corrected chi connectivity index (χ4v) is 4.76. The van der Waals surface area contributed by atoms with Crippen LogP contribution in [-0.4, -0.2) is 90.8 Å². The van der Waals surface area contributed by atoms with Gasteiger partial charge in [0, 0.05) is 42.7 Å². The van der Waals surface area contributed by atoms with Gasteiger partial charge < -0.3 is 50.8 Å². The number of urea groups is 1. The predicted molar refractivity (Wildman–Crippen MR) is 192 cm³/mol. The Labute approximate surface area is 310 Å². The first-order valence-corrected chi connectivity index (χ1v) is 16.8. The fourth-order valence-electron chi connectivity index (χ4n) is 4.76. The number of rotatable bonds is 20. The van der Waals surface area contributed by atoms with Crippen LogP contribution in [0.15, 0.2) is 73.0 Å². The van der Waals surface area contributed by atoms with E-state index in [1.807, 2.05) is 0 Å². The number of hydrogen-bond acceptors (Lipinski definition) is 12. The van der Waals surface area contributed by atoms with Crippen molar-refractivity contribution in [3.8, 4) is 5.75 Å². The SMILES string of the molecule is C=C1C=CC(=O)N1CCOCCOC(=O)N[C@H](C(=O)N[C@@H](CCCNC(N)=O)C(=O)Nc1ccc(COC(=O)Oc2ccc([N+](=O)[O-])cc2)cc1)C(C)C. The molecule has 0 saturated heterocycles. The van der Waals surface area contributed by atoms with Gasteiger partial charge in [-0.1, -0.05) is 32.6 Å². The summed E-state index contributed by atoms with van der Waals surface area (Å²) in [5.41, 5.74) is 6.42. The molecule has 0 bridgehead atoms. The van der Waals surface area contributed by atoms with Gasteiger partial charge in [0.15, 0.2) is 0 Å². The second-order valence-corrected chi connectivity index (χ2v) is 12.0. The van der Waals surface area contributed by atoms with E-state index in [2.05, 4.69) is 27.8 Å². The number of carbonyl (C=O) groups is 6. The molecule has 19 nitrogen and oxygen atoms in total. The van der Waals surface area contributed by atoms with Crippen LogP contribution in [0, 0.1) is 16.0 Å². The van der Waals surface area contributed by atoms with Crippen molar-refractivity contribution in [2.75, 3.05) is 38.2 Å². The number of carbonyl (C=O) groups excluding carboxylic acids is 6. The van der Waals surface area contributed by atoms with Gasteiger partial charge in [0.1, 0.15) is 31.0 Å². The number of ether oxygens (including phenoxy) is 4. The molecule has 19 heteroatoms. The Hall–Kier alpha value is -6.50. The maximum absolute atomic E-state index is 13.4. The van der Waals surface area contributed by atoms with E-state index < -0.39 is 53.0 Å². The van der Waals surface area contributed by atoms with E-state index in [1.165, 1.54) is 35.2 Å². The summed E-state index contributed by atoms with van der Waals surface area (Å²) in [5.74, 6) is -1.78. The van der Waals surface area contributed by atoms with Crippen molar-refractivity contribution in [2.24, 2.45) is 11.7 Å². The van der Waals surface area contributed by atoms with Crippen molar-refractivity contribution in [1.29, 1.82) is 0 Å². The van der Waals surface area contributed by atoms with Gasteiger partial charge in [-0.2, -0.15) is 0 Å². The molecule has 3 rings (SSSR count). The number of allylic oxidation sites excluding steroid dienone is 1. The van der Waals surface area contributed by atoms with Gasteiger partial charge in [-0.3, -0.25) is 24.5 Å². The third-order valence-corrected chi connectivity index (χ3v) is 7.60. The number of hydrogen-bond donors (Lipinski definition) is 5.